The van der Waals surface area contributed by atoms with Crippen molar-refractivity contribution in [2.24, 2.45) is 0 Å². The number of alkyl halides is 3. The summed E-state index contributed by atoms with van der Waals surface area (Å²) in [5.74, 6) is -2.96. The first-order valence-electron chi connectivity index (χ1n) is 6.66. The summed E-state index contributed by atoms with van der Waals surface area (Å²) in [6.45, 7) is 0. The normalized spacial score (nSPS) is 11.1. The first-order valence-corrected chi connectivity index (χ1v) is 7.04. The summed E-state index contributed by atoms with van der Waals surface area (Å²) < 4.78 is 43.0. The molecule has 13 heteroatoms. The second-order valence-corrected chi connectivity index (χ2v) is 5.31. The molecular weight excluding hydrogens is 401 g/mol. The Kier molecular flexibility index (Phi) is 5.21. The Hall–Kier alpha value is -3.41. The molecule has 1 N–H and O–H groups in total. The van der Waals surface area contributed by atoms with Crippen LogP contribution in [0.2, 0.25) is 5.02 Å². The maximum Gasteiger partial charge on any atom is 0.416 e. The first-order chi connectivity index (χ1) is 12.4. The second kappa shape index (κ2) is 7.07. The highest BCUT2D eigenvalue weighted by molar-refractivity contribution is 6.32. The third-order valence-electron chi connectivity index (χ3n) is 3.18. The third kappa shape index (κ3) is 4.23. The SMILES string of the molecule is O=C(O)c1cc(Oc2ccc(C(F)(F)F)cc2Cl)c([N+](=O)[O-])cc1[N+](=O)[O-]. The summed E-state index contributed by atoms with van der Waals surface area (Å²) in [4.78, 5) is 31.0. The van der Waals surface area contributed by atoms with Crippen molar-refractivity contribution in [2.75, 3.05) is 0 Å². The van der Waals surface area contributed by atoms with Crippen LogP contribution in [0.4, 0.5) is 24.5 Å². The molecule has 0 unspecified atom stereocenters. The van der Waals surface area contributed by atoms with E-state index in [2.05, 4.69) is 0 Å². The van der Waals surface area contributed by atoms with Gasteiger partial charge in [0.1, 0.15) is 11.3 Å². The number of benzene rings is 2. The van der Waals surface area contributed by atoms with Crippen LogP contribution in [-0.4, -0.2) is 20.9 Å². The van der Waals surface area contributed by atoms with Crippen molar-refractivity contribution in [3.8, 4) is 11.5 Å². The molecule has 0 aliphatic rings. The van der Waals surface area contributed by atoms with E-state index in [4.69, 9.17) is 21.4 Å². The summed E-state index contributed by atoms with van der Waals surface area (Å²) >= 11 is 5.68. The van der Waals surface area contributed by atoms with Crippen LogP contribution >= 0.6 is 11.6 Å². The van der Waals surface area contributed by atoms with E-state index >= 15 is 0 Å². The molecule has 2 rings (SSSR count). The molecular formula is C14H6ClF3N2O7. The quantitative estimate of drug-likeness (QED) is 0.563. The van der Waals surface area contributed by atoms with Crippen LogP contribution in [0.3, 0.4) is 0 Å². The number of rotatable bonds is 5. The molecule has 0 heterocycles. The minimum atomic E-state index is -4.70. The van der Waals surface area contributed by atoms with E-state index in [1.54, 1.807) is 0 Å². The van der Waals surface area contributed by atoms with Gasteiger partial charge in [-0.05, 0) is 18.2 Å². The lowest BCUT2D eigenvalue weighted by Crippen LogP contribution is -2.06. The number of aromatic carboxylic acids is 1. The maximum absolute atomic E-state index is 12.6. The number of nitro groups is 2. The number of carboxylic acid groups (broad SMARTS) is 1. The lowest BCUT2D eigenvalue weighted by atomic mass is 10.1. The summed E-state index contributed by atoms with van der Waals surface area (Å²) in [5.41, 5.74) is -4.05. The van der Waals surface area contributed by atoms with Crippen molar-refractivity contribution in [3.63, 3.8) is 0 Å². The van der Waals surface area contributed by atoms with Crippen LogP contribution in [0.5, 0.6) is 11.5 Å². The van der Waals surface area contributed by atoms with Gasteiger partial charge in [-0.15, -0.1) is 0 Å². The number of nitrogens with zero attached hydrogens (tertiary/aromatic N) is 2. The lowest BCUT2D eigenvalue weighted by Gasteiger charge is -2.11. The zero-order chi connectivity index (χ0) is 20.5. The Bertz CT molecular complexity index is 962. The van der Waals surface area contributed by atoms with Gasteiger partial charge >= 0.3 is 17.8 Å². The predicted octanol–water partition coefficient (Wildman–Crippen LogP) is 4.67. The fourth-order valence-corrected chi connectivity index (χ4v) is 2.20. The van der Waals surface area contributed by atoms with Gasteiger partial charge < -0.3 is 9.84 Å². The highest BCUT2D eigenvalue weighted by atomic mass is 35.5. The number of hydrogen-bond acceptors (Lipinski definition) is 6. The third-order valence-corrected chi connectivity index (χ3v) is 3.48. The highest BCUT2D eigenvalue weighted by Gasteiger charge is 2.32. The van der Waals surface area contributed by atoms with Crippen LogP contribution in [0, 0.1) is 20.2 Å². The molecule has 27 heavy (non-hydrogen) atoms. The molecule has 2 aromatic rings. The van der Waals surface area contributed by atoms with E-state index in [-0.39, 0.29) is 0 Å². The Morgan fingerprint density at radius 2 is 1.63 bits per heavy atom. The predicted molar refractivity (Wildman–Crippen MR) is 83.2 cm³/mol. The van der Waals surface area contributed by atoms with Crippen molar-refractivity contribution in [1.82, 2.24) is 0 Å². The van der Waals surface area contributed by atoms with E-state index < -0.39 is 61.0 Å². The van der Waals surface area contributed by atoms with E-state index in [0.29, 0.717) is 24.3 Å². The molecule has 0 saturated heterocycles. The Morgan fingerprint density at radius 3 is 2.07 bits per heavy atom. The standard InChI is InChI=1S/C14H6ClF3N2O7/c15-8-3-6(14(16,17)18)1-2-11(8)27-12-4-7(13(21)22)9(19(23)24)5-10(12)20(25)26/h1-5H,(H,21,22). The molecule has 0 aliphatic carbocycles. The Labute approximate surface area is 151 Å². The molecule has 0 radical (unpaired) electrons. The van der Waals surface area contributed by atoms with Gasteiger partial charge in [0.05, 0.1) is 26.5 Å². The van der Waals surface area contributed by atoms with Crippen LogP contribution in [0.15, 0.2) is 30.3 Å². The number of hydrogen-bond donors (Lipinski definition) is 1. The molecule has 142 valence electrons. The van der Waals surface area contributed by atoms with Crippen molar-refractivity contribution in [2.45, 2.75) is 6.18 Å². The molecule has 0 spiro atoms. The largest absolute Gasteiger partial charge is 0.477 e. The number of ether oxygens (including phenoxy) is 1. The monoisotopic (exact) mass is 406 g/mol. The Balaban J connectivity index is 2.58. The average molecular weight is 407 g/mol. The van der Waals surface area contributed by atoms with Gasteiger partial charge in [0.15, 0.2) is 0 Å². The van der Waals surface area contributed by atoms with Gasteiger partial charge in [-0.2, -0.15) is 13.2 Å². The fraction of sp³-hybridized carbons (Fsp3) is 0.0714. The smallest absolute Gasteiger partial charge is 0.416 e. The first kappa shape index (κ1) is 19.9. The van der Waals surface area contributed by atoms with Gasteiger partial charge in [-0.1, -0.05) is 11.6 Å². The molecule has 2 aromatic carbocycles. The Morgan fingerprint density at radius 1 is 1.04 bits per heavy atom. The van der Waals surface area contributed by atoms with E-state index in [0.717, 1.165) is 6.07 Å². The van der Waals surface area contributed by atoms with Crippen LogP contribution in [0.25, 0.3) is 0 Å². The lowest BCUT2D eigenvalue weighted by molar-refractivity contribution is -0.394. The summed E-state index contributed by atoms with van der Waals surface area (Å²) in [7, 11) is 0. The number of nitro benzene ring substituents is 2. The van der Waals surface area contributed by atoms with Crippen molar-refractivity contribution in [1.29, 1.82) is 0 Å². The van der Waals surface area contributed by atoms with Gasteiger partial charge in [-0.25, -0.2) is 4.79 Å². The fourth-order valence-electron chi connectivity index (χ4n) is 1.98. The average Bonchev–Trinajstić information content (AvgIpc) is 2.54. The molecule has 0 amide bonds. The molecule has 0 saturated carbocycles. The highest BCUT2D eigenvalue weighted by Crippen LogP contribution is 2.40. The minimum Gasteiger partial charge on any atom is -0.477 e. The molecule has 0 fully saturated rings. The summed E-state index contributed by atoms with van der Waals surface area (Å²) in [5, 5.41) is 30.5. The zero-order valence-electron chi connectivity index (χ0n) is 12.7. The number of halogens is 4. The second-order valence-electron chi connectivity index (χ2n) is 4.90. The van der Waals surface area contributed by atoms with Gasteiger partial charge in [-0.3, -0.25) is 20.2 Å². The molecule has 9 nitrogen and oxygen atoms in total. The molecule has 0 aliphatic heterocycles. The number of carboxylic acids is 1. The van der Waals surface area contributed by atoms with Crippen LogP contribution < -0.4 is 4.74 Å². The summed E-state index contributed by atoms with van der Waals surface area (Å²) in [6.07, 6.45) is -4.70. The number of carbonyl (C=O) groups is 1. The summed E-state index contributed by atoms with van der Waals surface area (Å²) in [6, 6.07) is 2.77. The molecule has 0 bridgehead atoms. The maximum atomic E-state index is 12.6. The topological polar surface area (TPSA) is 133 Å². The zero-order valence-corrected chi connectivity index (χ0v) is 13.4. The molecule has 0 atom stereocenters. The van der Waals surface area contributed by atoms with Gasteiger partial charge in [0, 0.05) is 6.07 Å². The molecule has 0 aromatic heterocycles. The van der Waals surface area contributed by atoms with Crippen LogP contribution in [-0.2, 0) is 6.18 Å². The van der Waals surface area contributed by atoms with Crippen LogP contribution in [0.1, 0.15) is 15.9 Å². The van der Waals surface area contributed by atoms with Gasteiger partial charge in [0.25, 0.3) is 5.69 Å². The van der Waals surface area contributed by atoms with Crippen molar-refractivity contribution in [3.05, 3.63) is 66.7 Å². The van der Waals surface area contributed by atoms with Crippen molar-refractivity contribution >= 4 is 28.9 Å². The van der Waals surface area contributed by atoms with E-state index in [1.807, 2.05) is 0 Å². The van der Waals surface area contributed by atoms with Crippen molar-refractivity contribution < 1.29 is 37.7 Å². The van der Waals surface area contributed by atoms with E-state index in [1.165, 1.54) is 0 Å². The minimum absolute atomic E-state index is 0.372. The van der Waals surface area contributed by atoms with Gasteiger partial charge in [0.2, 0.25) is 5.75 Å². The van der Waals surface area contributed by atoms with E-state index in [9.17, 15) is 38.2 Å².